The van der Waals surface area contributed by atoms with Gasteiger partial charge in [0.1, 0.15) is 0 Å². The number of piperidine rings is 1. The fourth-order valence-electron chi connectivity index (χ4n) is 3.17. The van der Waals surface area contributed by atoms with Gasteiger partial charge < -0.3 is 10.2 Å². The second-order valence-electron chi connectivity index (χ2n) is 7.05. The van der Waals surface area contributed by atoms with E-state index in [9.17, 15) is 0 Å². The zero-order chi connectivity index (χ0) is 16.8. The van der Waals surface area contributed by atoms with Crippen LogP contribution < -0.4 is 5.32 Å². The maximum atomic E-state index is 4.49. The Morgan fingerprint density at radius 1 is 1.12 bits per heavy atom. The van der Waals surface area contributed by atoms with Gasteiger partial charge in [0.2, 0.25) is 0 Å². The summed E-state index contributed by atoms with van der Waals surface area (Å²) >= 11 is 0. The molecule has 4 nitrogen and oxygen atoms in total. The van der Waals surface area contributed by atoms with Crippen LogP contribution >= 0.6 is 0 Å². The molecule has 3 rings (SSSR count). The first-order chi connectivity index (χ1) is 11.7. The first kappa shape index (κ1) is 17.1. The lowest BCUT2D eigenvalue weighted by Gasteiger charge is -2.32. The Kier molecular flexibility index (Phi) is 5.94. The van der Waals surface area contributed by atoms with Gasteiger partial charge in [0.25, 0.3) is 0 Å². The van der Waals surface area contributed by atoms with Crippen molar-refractivity contribution >= 4 is 0 Å². The minimum Gasteiger partial charge on any atom is -0.309 e. The first-order valence-corrected chi connectivity index (χ1v) is 9.03. The summed E-state index contributed by atoms with van der Waals surface area (Å²) in [5, 5.41) is 3.59. The zero-order valence-corrected chi connectivity index (χ0v) is 14.8. The number of likely N-dealkylation sites (tertiary alicyclic amines) is 1. The van der Waals surface area contributed by atoms with Gasteiger partial charge in [0, 0.05) is 42.7 Å². The molecule has 0 bridgehead atoms. The summed E-state index contributed by atoms with van der Waals surface area (Å²) in [5.74, 6) is 1.68. The number of nitrogens with zero attached hydrogens (tertiary/aromatic N) is 3. The molecule has 1 aromatic heterocycles. The van der Waals surface area contributed by atoms with E-state index in [4.69, 9.17) is 0 Å². The number of hydrogen-bond acceptors (Lipinski definition) is 4. The Morgan fingerprint density at radius 2 is 1.79 bits per heavy atom. The van der Waals surface area contributed by atoms with Gasteiger partial charge in [-0.05, 0) is 38.8 Å². The lowest BCUT2D eigenvalue weighted by atomic mass is 9.99. The molecular weight excluding hydrogens is 296 g/mol. The molecule has 0 aliphatic carbocycles. The van der Waals surface area contributed by atoms with Gasteiger partial charge in [0.05, 0.1) is 0 Å². The van der Waals surface area contributed by atoms with Gasteiger partial charge in [-0.3, -0.25) is 0 Å². The zero-order valence-electron chi connectivity index (χ0n) is 14.8. The molecule has 1 unspecified atom stereocenters. The van der Waals surface area contributed by atoms with Gasteiger partial charge in [-0.2, -0.15) is 0 Å². The van der Waals surface area contributed by atoms with Crippen molar-refractivity contribution in [3.8, 4) is 11.4 Å². The number of benzene rings is 1. The molecule has 0 amide bonds. The lowest BCUT2D eigenvalue weighted by molar-refractivity contribution is 0.177. The van der Waals surface area contributed by atoms with Crippen LogP contribution in [0.2, 0.25) is 0 Å². The Labute approximate surface area is 145 Å². The van der Waals surface area contributed by atoms with Crippen molar-refractivity contribution in [2.45, 2.75) is 39.3 Å². The van der Waals surface area contributed by atoms with Crippen LogP contribution in [0.25, 0.3) is 11.4 Å². The van der Waals surface area contributed by atoms with Crippen molar-refractivity contribution in [2.24, 2.45) is 5.92 Å². The van der Waals surface area contributed by atoms with Gasteiger partial charge >= 0.3 is 0 Å². The van der Waals surface area contributed by atoms with E-state index in [1.165, 1.54) is 25.9 Å². The highest BCUT2D eigenvalue weighted by atomic mass is 15.2. The minimum atomic E-state index is 0.479. The highest BCUT2D eigenvalue weighted by molar-refractivity contribution is 5.53. The molecule has 4 heteroatoms. The summed E-state index contributed by atoms with van der Waals surface area (Å²) in [6.07, 6.45) is 6.53. The summed E-state index contributed by atoms with van der Waals surface area (Å²) in [6, 6.07) is 10.6. The quantitative estimate of drug-likeness (QED) is 0.885. The average molecular weight is 324 g/mol. The van der Waals surface area contributed by atoms with Gasteiger partial charge in [-0.15, -0.1) is 0 Å². The summed E-state index contributed by atoms with van der Waals surface area (Å²) in [5.41, 5.74) is 2.19. The van der Waals surface area contributed by atoms with E-state index in [0.29, 0.717) is 6.04 Å². The third-order valence-corrected chi connectivity index (χ3v) is 4.80. The second-order valence-corrected chi connectivity index (χ2v) is 7.05. The van der Waals surface area contributed by atoms with Crippen LogP contribution in [0.15, 0.2) is 42.7 Å². The van der Waals surface area contributed by atoms with Crippen LogP contribution in [0.4, 0.5) is 0 Å². The highest BCUT2D eigenvalue weighted by Gasteiger charge is 2.17. The van der Waals surface area contributed by atoms with Crippen LogP contribution in [0, 0.1) is 5.92 Å². The third kappa shape index (κ3) is 4.86. The van der Waals surface area contributed by atoms with E-state index >= 15 is 0 Å². The maximum absolute atomic E-state index is 4.49. The van der Waals surface area contributed by atoms with Gasteiger partial charge in [0.15, 0.2) is 5.82 Å². The normalized spacial score (nSPS) is 17.8. The Bertz CT molecular complexity index is 603. The van der Waals surface area contributed by atoms with Gasteiger partial charge in [-0.25, -0.2) is 9.97 Å². The third-order valence-electron chi connectivity index (χ3n) is 4.80. The molecule has 1 fully saturated rings. The molecule has 0 spiro atoms. The molecule has 1 saturated heterocycles. The molecule has 2 aromatic rings. The van der Waals surface area contributed by atoms with Crippen molar-refractivity contribution in [3.63, 3.8) is 0 Å². The second kappa shape index (κ2) is 8.36. The standard InChI is InChI=1S/C20H28N4/c1-16-8-10-24(11-9-16)15-17(2)21-12-18-13-22-20(23-14-18)19-6-4-3-5-7-19/h3-7,13-14,16-17,21H,8-12,15H2,1-2H3. The maximum Gasteiger partial charge on any atom is 0.159 e. The smallest absolute Gasteiger partial charge is 0.159 e. The van der Waals surface area contributed by atoms with Crippen molar-refractivity contribution in [1.29, 1.82) is 0 Å². The molecule has 0 radical (unpaired) electrons. The molecule has 1 N–H and O–H groups in total. The number of aromatic nitrogens is 2. The minimum absolute atomic E-state index is 0.479. The fraction of sp³-hybridized carbons (Fsp3) is 0.500. The molecular formula is C20H28N4. The Balaban J connectivity index is 1.46. The van der Waals surface area contributed by atoms with Crippen molar-refractivity contribution in [1.82, 2.24) is 20.2 Å². The number of rotatable bonds is 6. The van der Waals surface area contributed by atoms with Crippen LogP contribution in [0.1, 0.15) is 32.3 Å². The topological polar surface area (TPSA) is 41.0 Å². The Morgan fingerprint density at radius 3 is 2.46 bits per heavy atom. The van der Waals surface area contributed by atoms with Crippen LogP contribution in [-0.4, -0.2) is 40.5 Å². The highest BCUT2D eigenvalue weighted by Crippen LogP contribution is 2.16. The van der Waals surface area contributed by atoms with Gasteiger partial charge in [-0.1, -0.05) is 37.3 Å². The van der Waals surface area contributed by atoms with E-state index in [0.717, 1.165) is 36.0 Å². The van der Waals surface area contributed by atoms with Crippen molar-refractivity contribution in [2.75, 3.05) is 19.6 Å². The average Bonchev–Trinajstić information content (AvgIpc) is 2.63. The predicted molar refractivity (Wildman–Crippen MR) is 98.6 cm³/mol. The number of hydrogen-bond donors (Lipinski definition) is 1. The molecule has 1 aliphatic rings. The first-order valence-electron chi connectivity index (χ1n) is 9.03. The fourth-order valence-corrected chi connectivity index (χ4v) is 3.17. The van der Waals surface area contributed by atoms with Crippen molar-refractivity contribution < 1.29 is 0 Å². The number of nitrogens with one attached hydrogen (secondary N) is 1. The lowest BCUT2D eigenvalue weighted by Crippen LogP contribution is -2.42. The van der Waals surface area contributed by atoms with Crippen LogP contribution in [0.5, 0.6) is 0 Å². The summed E-state index contributed by atoms with van der Waals surface area (Å²) in [6.45, 7) is 9.04. The van der Waals surface area contributed by atoms with Crippen LogP contribution in [-0.2, 0) is 6.54 Å². The molecule has 128 valence electrons. The predicted octanol–water partition coefficient (Wildman–Crippen LogP) is 3.35. The monoisotopic (exact) mass is 324 g/mol. The van der Waals surface area contributed by atoms with E-state index in [1.807, 2.05) is 42.7 Å². The molecule has 1 aromatic carbocycles. The largest absolute Gasteiger partial charge is 0.309 e. The SMILES string of the molecule is CC1CCN(CC(C)NCc2cnc(-c3ccccc3)nc2)CC1. The Hall–Kier alpha value is -1.78. The molecule has 2 heterocycles. The molecule has 1 aliphatic heterocycles. The summed E-state index contributed by atoms with van der Waals surface area (Å²) in [7, 11) is 0. The van der Waals surface area contributed by atoms with E-state index in [1.54, 1.807) is 0 Å². The van der Waals surface area contributed by atoms with E-state index in [-0.39, 0.29) is 0 Å². The molecule has 24 heavy (non-hydrogen) atoms. The van der Waals surface area contributed by atoms with E-state index in [2.05, 4.69) is 34.0 Å². The van der Waals surface area contributed by atoms with Crippen LogP contribution in [0.3, 0.4) is 0 Å². The van der Waals surface area contributed by atoms with Crippen molar-refractivity contribution in [3.05, 3.63) is 48.3 Å². The van der Waals surface area contributed by atoms with E-state index < -0.39 is 0 Å². The summed E-state index contributed by atoms with van der Waals surface area (Å²) in [4.78, 5) is 11.6. The summed E-state index contributed by atoms with van der Waals surface area (Å²) < 4.78 is 0. The molecule has 1 atom stereocenters. The molecule has 0 saturated carbocycles.